The Bertz CT molecular complexity index is 2170. The van der Waals surface area contributed by atoms with E-state index in [2.05, 4.69) is 59.6 Å². The summed E-state index contributed by atoms with van der Waals surface area (Å²) in [4.78, 5) is 74.7. The highest BCUT2D eigenvalue weighted by molar-refractivity contribution is 5.87. The number of H-pyrrole nitrogens is 2. The number of amides is 4. The lowest BCUT2D eigenvalue weighted by atomic mass is 10.0. The summed E-state index contributed by atoms with van der Waals surface area (Å²) in [6, 6.07) is 14.4. The van der Waals surface area contributed by atoms with E-state index in [4.69, 9.17) is 9.72 Å². The van der Waals surface area contributed by atoms with Gasteiger partial charge in [-0.1, -0.05) is 48.5 Å². The second kappa shape index (κ2) is 16.5. The van der Waals surface area contributed by atoms with Crippen molar-refractivity contribution in [3.63, 3.8) is 0 Å². The van der Waals surface area contributed by atoms with Crippen molar-refractivity contribution in [2.24, 2.45) is 7.05 Å². The molecule has 2 aromatic carbocycles. The number of hydrogen-bond donors (Lipinski definition) is 4. The zero-order chi connectivity index (χ0) is 39.3. The lowest BCUT2D eigenvalue weighted by Crippen LogP contribution is -2.49. The summed E-state index contributed by atoms with van der Waals surface area (Å²) in [7, 11) is 4.39. The topological polar surface area (TPSA) is 192 Å². The van der Waals surface area contributed by atoms with Gasteiger partial charge in [-0.2, -0.15) is 0 Å². The smallest absolute Gasteiger partial charge is 0.407 e. The first-order valence-corrected chi connectivity index (χ1v) is 18.7. The van der Waals surface area contributed by atoms with E-state index in [0.29, 0.717) is 24.7 Å². The number of likely N-dealkylation sites (tertiary alicyclic amines) is 2. The number of nitrogens with one attached hydrogen (secondary N) is 4. The van der Waals surface area contributed by atoms with Crippen molar-refractivity contribution in [2.75, 3.05) is 27.3 Å². The molecule has 0 spiro atoms. The minimum atomic E-state index is -0.820. The molecule has 5 heterocycles. The average Bonchev–Trinajstić information content (AvgIpc) is 4.07. The van der Waals surface area contributed by atoms with Crippen LogP contribution in [0.3, 0.4) is 0 Å². The number of carbonyl (C=O) groups is 4. The SMILES string of the molecule is COC(=O)N[C@@H](C)C(=O)N1CCC[C@H]1c1ncc(-c2ccc(-c3ccc(-c4cnc([C@@H]5CCCN5C(=O)[C@H](Cc5cncn5C)NC(=O)OC)[nH]4)cc3)cc2)[nH]1. The molecule has 5 aromatic rings. The Morgan fingerprint density at radius 1 is 0.732 bits per heavy atom. The number of imidazole rings is 3. The van der Waals surface area contributed by atoms with Crippen LogP contribution in [0.4, 0.5) is 9.59 Å². The van der Waals surface area contributed by atoms with E-state index in [1.54, 1.807) is 41.6 Å². The van der Waals surface area contributed by atoms with Gasteiger partial charge in [-0.3, -0.25) is 9.59 Å². The fourth-order valence-electron chi connectivity index (χ4n) is 7.56. The number of nitrogens with zero attached hydrogens (tertiary/aromatic N) is 6. The van der Waals surface area contributed by atoms with Crippen molar-refractivity contribution < 1.29 is 28.7 Å². The summed E-state index contributed by atoms with van der Waals surface area (Å²) >= 11 is 0. The molecule has 16 heteroatoms. The van der Waals surface area contributed by atoms with Gasteiger partial charge in [-0.15, -0.1) is 0 Å². The second-order valence-corrected chi connectivity index (χ2v) is 14.1. The third-order valence-electron chi connectivity index (χ3n) is 10.6. The fraction of sp³-hybridized carbons (Fsp3) is 0.375. The third kappa shape index (κ3) is 7.99. The van der Waals surface area contributed by atoms with E-state index in [9.17, 15) is 19.2 Å². The predicted octanol–water partition coefficient (Wildman–Crippen LogP) is 4.91. The molecule has 3 aromatic heterocycles. The van der Waals surface area contributed by atoms with E-state index >= 15 is 0 Å². The molecule has 0 radical (unpaired) electrons. The first-order valence-electron chi connectivity index (χ1n) is 18.7. The number of rotatable bonds is 11. The fourth-order valence-corrected chi connectivity index (χ4v) is 7.56. The Hall–Kier alpha value is -6.45. The molecule has 2 aliphatic rings. The molecule has 0 bridgehead atoms. The van der Waals surface area contributed by atoms with Gasteiger partial charge in [0.15, 0.2) is 0 Å². The van der Waals surface area contributed by atoms with Crippen LogP contribution >= 0.6 is 0 Å². The number of ether oxygens (including phenoxy) is 2. The second-order valence-electron chi connectivity index (χ2n) is 14.1. The van der Waals surface area contributed by atoms with Gasteiger partial charge in [0, 0.05) is 38.4 Å². The van der Waals surface area contributed by atoms with Crippen LogP contribution in [0.2, 0.25) is 0 Å². The van der Waals surface area contributed by atoms with Crippen molar-refractivity contribution in [1.29, 1.82) is 0 Å². The molecule has 56 heavy (non-hydrogen) atoms. The number of methoxy groups -OCH3 is 2. The summed E-state index contributed by atoms with van der Waals surface area (Å²) in [6.07, 6.45) is 9.08. The standard InChI is InChI=1S/C40H46N10O6/c1-24(44-39(53)55-3)37(51)49-17-5-7-33(49)35-42-21-31(45-35)27-13-9-25(10-14-27)26-11-15-28(16-12-26)32-22-43-36(46-32)34-8-6-18-50(34)38(52)30(47-40(54)56-4)19-29-20-41-23-48(29)2/h9-16,20-24,30,33-34H,5-8,17-19H2,1-4H3,(H,42,45)(H,43,46)(H,44,53)(H,47,54)/t24-,30-,33-,34-/m0/s1. The average molecular weight is 763 g/mol. The van der Waals surface area contributed by atoms with E-state index in [-0.39, 0.29) is 30.3 Å². The summed E-state index contributed by atoms with van der Waals surface area (Å²) in [5, 5.41) is 5.27. The number of aromatic nitrogens is 6. The van der Waals surface area contributed by atoms with Crippen LogP contribution in [0.1, 0.15) is 62.0 Å². The van der Waals surface area contributed by atoms with Crippen LogP contribution in [0.25, 0.3) is 33.6 Å². The van der Waals surface area contributed by atoms with Crippen LogP contribution in [-0.4, -0.2) is 103 Å². The molecule has 4 N–H and O–H groups in total. The molecular weight excluding hydrogens is 717 g/mol. The van der Waals surface area contributed by atoms with Gasteiger partial charge >= 0.3 is 12.2 Å². The van der Waals surface area contributed by atoms with Crippen molar-refractivity contribution in [2.45, 2.75) is 63.2 Å². The Balaban J connectivity index is 0.997. The first kappa shape index (κ1) is 37.8. The monoisotopic (exact) mass is 762 g/mol. The molecular formula is C40H46N10O6. The highest BCUT2D eigenvalue weighted by Crippen LogP contribution is 2.34. The normalized spacial score (nSPS) is 17.7. The number of aromatic amines is 2. The molecule has 7 rings (SSSR count). The van der Waals surface area contributed by atoms with Gasteiger partial charge < -0.3 is 44.4 Å². The summed E-state index contributed by atoms with van der Waals surface area (Å²) in [6.45, 7) is 2.79. The maximum absolute atomic E-state index is 13.9. The van der Waals surface area contributed by atoms with Crippen LogP contribution < -0.4 is 10.6 Å². The Labute approximate surface area is 324 Å². The molecule has 0 unspecified atom stereocenters. The van der Waals surface area contributed by atoms with Crippen molar-refractivity contribution in [1.82, 2.24) is 49.9 Å². The molecule has 2 saturated heterocycles. The maximum Gasteiger partial charge on any atom is 0.407 e. The zero-order valence-electron chi connectivity index (χ0n) is 31.8. The van der Waals surface area contributed by atoms with Gasteiger partial charge in [0.25, 0.3) is 0 Å². The van der Waals surface area contributed by atoms with Crippen LogP contribution in [0, 0.1) is 0 Å². The molecule has 292 valence electrons. The molecule has 0 saturated carbocycles. The van der Waals surface area contributed by atoms with E-state index in [0.717, 1.165) is 65.0 Å². The highest BCUT2D eigenvalue weighted by atomic mass is 16.5. The molecule has 2 aliphatic heterocycles. The molecule has 16 nitrogen and oxygen atoms in total. The van der Waals surface area contributed by atoms with Gasteiger partial charge in [0.05, 0.1) is 56.4 Å². The zero-order valence-corrected chi connectivity index (χ0v) is 31.8. The highest BCUT2D eigenvalue weighted by Gasteiger charge is 2.37. The van der Waals surface area contributed by atoms with Crippen molar-refractivity contribution in [3.05, 3.63) is 90.8 Å². The summed E-state index contributed by atoms with van der Waals surface area (Å²) in [5.41, 5.74) is 6.52. The maximum atomic E-state index is 13.9. The van der Waals surface area contributed by atoms with Gasteiger partial charge in [0.1, 0.15) is 23.7 Å². The van der Waals surface area contributed by atoms with E-state index in [1.807, 2.05) is 35.9 Å². The number of hydrogen-bond acceptors (Lipinski definition) is 9. The molecule has 4 atom stereocenters. The molecule has 2 fully saturated rings. The summed E-state index contributed by atoms with van der Waals surface area (Å²) in [5.74, 6) is 1.03. The Morgan fingerprint density at radius 3 is 1.70 bits per heavy atom. The molecule has 4 amide bonds. The van der Waals surface area contributed by atoms with Crippen molar-refractivity contribution >= 4 is 24.0 Å². The predicted molar refractivity (Wildman–Crippen MR) is 206 cm³/mol. The molecule has 0 aliphatic carbocycles. The van der Waals surface area contributed by atoms with Crippen molar-refractivity contribution in [3.8, 4) is 33.6 Å². The quantitative estimate of drug-likeness (QED) is 0.145. The minimum Gasteiger partial charge on any atom is -0.453 e. The van der Waals surface area contributed by atoms with Gasteiger partial charge in [0.2, 0.25) is 11.8 Å². The number of aryl methyl sites for hydroxylation is 1. The van der Waals surface area contributed by atoms with Crippen LogP contribution in [0.15, 0.2) is 73.4 Å². The lowest BCUT2D eigenvalue weighted by Gasteiger charge is -2.28. The van der Waals surface area contributed by atoms with Gasteiger partial charge in [-0.25, -0.2) is 24.5 Å². The number of benzene rings is 2. The summed E-state index contributed by atoms with van der Waals surface area (Å²) < 4.78 is 11.3. The number of carbonyl (C=O) groups excluding carboxylic acids is 4. The lowest BCUT2D eigenvalue weighted by molar-refractivity contribution is -0.135. The number of alkyl carbamates (subject to hydrolysis) is 2. The Kier molecular flexibility index (Phi) is 11.2. The minimum absolute atomic E-state index is 0.177. The Morgan fingerprint density at radius 2 is 1.21 bits per heavy atom. The first-order chi connectivity index (χ1) is 27.1. The van der Waals surface area contributed by atoms with Crippen LogP contribution in [0.5, 0.6) is 0 Å². The van der Waals surface area contributed by atoms with E-state index in [1.165, 1.54) is 14.2 Å². The third-order valence-corrected chi connectivity index (χ3v) is 10.6. The van der Waals surface area contributed by atoms with Crippen LogP contribution in [-0.2, 0) is 32.5 Å². The van der Waals surface area contributed by atoms with E-state index < -0.39 is 24.3 Å². The van der Waals surface area contributed by atoms with Gasteiger partial charge in [-0.05, 0) is 54.9 Å². The largest absolute Gasteiger partial charge is 0.453 e.